The zero-order valence-electron chi connectivity index (χ0n) is 14.3. The Morgan fingerprint density at radius 1 is 1.29 bits per heavy atom. The number of carbonyl (C=O) groups is 1. The molecule has 0 radical (unpaired) electrons. The van der Waals surface area contributed by atoms with E-state index in [4.69, 9.17) is 0 Å². The fraction of sp³-hybridized carbons (Fsp3) is 0.600. The van der Waals surface area contributed by atoms with Gasteiger partial charge in [0.15, 0.2) is 0 Å². The topological polar surface area (TPSA) is 81.2 Å². The summed E-state index contributed by atoms with van der Waals surface area (Å²) in [6.45, 7) is 4.99. The normalized spacial score (nSPS) is 19.0. The number of aryl methyl sites for hydroxylation is 2. The van der Waals surface area contributed by atoms with Gasteiger partial charge in [0.25, 0.3) is 0 Å². The summed E-state index contributed by atoms with van der Waals surface area (Å²) in [4.78, 5) is 33.0. The number of carbonyl (C=O) groups excluding carboxylic acids is 1. The second kappa shape index (κ2) is 6.60. The van der Waals surface area contributed by atoms with Crippen LogP contribution >= 0.6 is 0 Å². The lowest BCUT2D eigenvalue weighted by Gasteiger charge is -2.40. The van der Waals surface area contributed by atoms with Crippen molar-refractivity contribution < 1.29 is 4.79 Å². The Kier molecular flexibility index (Phi) is 4.52. The molecule has 3 heterocycles. The van der Waals surface area contributed by atoms with Crippen LogP contribution in [-0.2, 0) is 25.4 Å². The molecule has 1 aliphatic heterocycles. The number of imidazole rings is 1. The Bertz CT molecular complexity index is 775. The first kappa shape index (κ1) is 16.4. The molecule has 0 aliphatic carbocycles. The largest absolute Gasteiger partial charge is 0.345 e. The number of likely N-dealkylation sites (N-methyl/N-ethyl adjacent to an activating group) is 1. The Labute approximate surface area is 140 Å². The van der Waals surface area contributed by atoms with Crippen LogP contribution < -0.4 is 5.69 Å². The van der Waals surface area contributed by atoms with Crippen molar-refractivity contribution in [1.82, 2.24) is 33.7 Å². The Hall–Kier alpha value is -2.42. The smallest absolute Gasteiger partial charge is 0.338 e. The Morgan fingerprint density at radius 2 is 2.08 bits per heavy atom. The molecule has 1 aliphatic rings. The first-order chi connectivity index (χ1) is 11.5. The van der Waals surface area contributed by atoms with E-state index in [2.05, 4.69) is 21.9 Å². The number of aromatic nitrogens is 5. The van der Waals surface area contributed by atoms with Gasteiger partial charge in [-0.15, -0.1) is 0 Å². The highest BCUT2D eigenvalue weighted by atomic mass is 16.2. The molecule has 0 spiro atoms. The fourth-order valence-electron chi connectivity index (χ4n) is 3.13. The SMILES string of the molecule is CCN1CCN(C(=O)Cn2ncn(C)c2=O)CC1c1nccn1C. The van der Waals surface area contributed by atoms with Gasteiger partial charge < -0.3 is 9.47 Å². The zero-order valence-corrected chi connectivity index (χ0v) is 14.3. The molecule has 1 saturated heterocycles. The van der Waals surface area contributed by atoms with Gasteiger partial charge in [-0.1, -0.05) is 6.92 Å². The molecule has 3 rings (SSSR count). The van der Waals surface area contributed by atoms with Crippen LogP contribution in [0.1, 0.15) is 18.8 Å². The highest BCUT2D eigenvalue weighted by Crippen LogP contribution is 2.23. The molecule has 0 N–H and O–H groups in total. The molecular formula is C15H23N7O2. The molecule has 130 valence electrons. The monoisotopic (exact) mass is 333 g/mol. The van der Waals surface area contributed by atoms with E-state index in [0.29, 0.717) is 13.1 Å². The average molecular weight is 333 g/mol. The van der Waals surface area contributed by atoms with Gasteiger partial charge in [-0.25, -0.2) is 14.5 Å². The van der Waals surface area contributed by atoms with Crippen molar-refractivity contribution in [2.45, 2.75) is 19.5 Å². The zero-order chi connectivity index (χ0) is 17.3. The number of hydrogen-bond donors (Lipinski definition) is 0. The lowest BCUT2D eigenvalue weighted by molar-refractivity contribution is -0.135. The summed E-state index contributed by atoms with van der Waals surface area (Å²) >= 11 is 0. The van der Waals surface area contributed by atoms with E-state index in [-0.39, 0.29) is 24.2 Å². The third-order valence-electron chi connectivity index (χ3n) is 4.58. The van der Waals surface area contributed by atoms with Gasteiger partial charge in [-0.3, -0.25) is 14.3 Å². The minimum absolute atomic E-state index is 0.0287. The van der Waals surface area contributed by atoms with E-state index in [1.165, 1.54) is 15.6 Å². The molecule has 9 nitrogen and oxygen atoms in total. The summed E-state index contributed by atoms with van der Waals surface area (Å²) < 4.78 is 4.55. The maximum Gasteiger partial charge on any atom is 0.345 e. The van der Waals surface area contributed by atoms with Crippen molar-refractivity contribution >= 4 is 5.91 Å². The van der Waals surface area contributed by atoms with E-state index in [9.17, 15) is 9.59 Å². The third kappa shape index (κ3) is 2.99. The lowest BCUT2D eigenvalue weighted by Crippen LogP contribution is -2.52. The molecule has 0 aromatic carbocycles. The standard InChI is InChI=1S/C15H23N7O2/c1-4-20-7-8-21(9-12(20)14-16-5-6-18(14)2)13(23)10-22-15(24)19(3)11-17-22/h5-6,11-12H,4,7-10H2,1-3H3. The summed E-state index contributed by atoms with van der Waals surface area (Å²) in [5, 5.41) is 3.96. The van der Waals surface area contributed by atoms with Crippen LogP contribution in [0, 0.1) is 0 Å². The highest BCUT2D eigenvalue weighted by Gasteiger charge is 2.32. The molecule has 2 aromatic heterocycles. The lowest BCUT2D eigenvalue weighted by atomic mass is 10.1. The van der Waals surface area contributed by atoms with Gasteiger partial charge in [0, 0.05) is 46.1 Å². The number of amides is 1. The van der Waals surface area contributed by atoms with Crippen LogP contribution in [0.2, 0.25) is 0 Å². The number of nitrogens with zero attached hydrogens (tertiary/aromatic N) is 7. The number of hydrogen-bond acceptors (Lipinski definition) is 5. The van der Waals surface area contributed by atoms with E-state index in [1.54, 1.807) is 18.1 Å². The van der Waals surface area contributed by atoms with E-state index < -0.39 is 0 Å². The molecule has 1 atom stereocenters. The predicted octanol–water partition coefficient (Wildman–Crippen LogP) is -0.779. The first-order valence-electron chi connectivity index (χ1n) is 8.08. The molecule has 2 aromatic rings. The summed E-state index contributed by atoms with van der Waals surface area (Å²) in [7, 11) is 3.58. The van der Waals surface area contributed by atoms with Crippen molar-refractivity contribution in [3.63, 3.8) is 0 Å². The van der Waals surface area contributed by atoms with Crippen LogP contribution in [0.3, 0.4) is 0 Å². The molecule has 1 amide bonds. The van der Waals surface area contributed by atoms with Gasteiger partial charge in [0.1, 0.15) is 18.7 Å². The van der Waals surface area contributed by atoms with Crippen molar-refractivity contribution in [2.75, 3.05) is 26.2 Å². The van der Waals surface area contributed by atoms with Gasteiger partial charge in [0.05, 0.1) is 6.04 Å². The minimum Gasteiger partial charge on any atom is -0.338 e. The fourth-order valence-corrected chi connectivity index (χ4v) is 3.13. The first-order valence-corrected chi connectivity index (χ1v) is 8.08. The van der Waals surface area contributed by atoms with Gasteiger partial charge >= 0.3 is 5.69 Å². The van der Waals surface area contributed by atoms with Crippen molar-refractivity contribution in [2.24, 2.45) is 14.1 Å². The summed E-state index contributed by atoms with van der Waals surface area (Å²) in [5.41, 5.74) is -0.281. The van der Waals surface area contributed by atoms with E-state index in [0.717, 1.165) is 18.9 Å². The van der Waals surface area contributed by atoms with Gasteiger partial charge in [-0.05, 0) is 6.54 Å². The Morgan fingerprint density at radius 3 is 2.67 bits per heavy atom. The second-order valence-electron chi connectivity index (χ2n) is 6.06. The summed E-state index contributed by atoms with van der Waals surface area (Å²) in [5.74, 6) is 0.857. The summed E-state index contributed by atoms with van der Waals surface area (Å²) in [6.07, 6.45) is 5.11. The highest BCUT2D eigenvalue weighted by molar-refractivity contribution is 5.76. The van der Waals surface area contributed by atoms with Crippen LogP contribution in [0.15, 0.2) is 23.5 Å². The third-order valence-corrected chi connectivity index (χ3v) is 4.58. The van der Waals surface area contributed by atoms with Gasteiger partial charge in [0.2, 0.25) is 5.91 Å². The maximum absolute atomic E-state index is 12.6. The quantitative estimate of drug-likeness (QED) is 0.733. The number of piperazine rings is 1. The van der Waals surface area contributed by atoms with Crippen molar-refractivity contribution in [1.29, 1.82) is 0 Å². The Balaban J connectivity index is 1.75. The van der Waals surface area contributed by atoms with Crippen molar-refractivity contribution in [3.8, 4) is 0 Å². The molecule has 1 unspecified atom stereocenters. The molecule has 1 fully saturated rings. The maximum atomic E-state index is 12.6. The van der Waals surface area contributed by atoms with Crippen LogP contribution in [0.4, 0.5) is 0 Å². The summed E-state index contributed by atoms with van der Waals surface area (Å²) in [6, 6.07) is 0.0631. The van der Waals surface area contributed by atoms with E-state index in [1.807, 2.05) is 17.8 Å². The molecular weight excluding hydrogens is 310 g/mol. The van der Waals surface area contributed by atoms with Crippen LogP contribution in [-0.4, -0.2) is 65.8 Å². The number of rotatable bonds is 4. The van der Waals surface area contributed by atoms with Crippen molar-refractivity contribution in [3.05, 3.63) is 35.0 Å². The van der Waals surface area contributed by atoms with Crippen LogP contribution in [0.5, 0.6) is 0 Å². The van der Waals surface area contributed by atoms with E-state index >= 15 is 0 Å². The average Bonchev–Trinajstić information content (AvgIpc) is 3.14. The predicted molar refractivity (Wildman–Crippen MR) is 87.2 cm³/mol. The molecule has 0 bridgehead atoms. The second-order valence-corrected chi connectivity index (χ2v) is 6.06. The van der Waals surface area contributed by atoms with Gasteiger partial charge in [-0.2, -0.15) is 5.10 Å². The molecule has 24 heavy (non-hydrogen) atoms. The minimum atomic E-state index is -0.281. The molecule has 9 heteroatoms. The molecule has 0 saturated carbocycles. The van der Waals surface area contributed by atoms with Crippen LogP contribution in [0.25, 0.3) is 0 Å².